The Morgan fingerprint density at radius 3 is 2.62 bits per heavy atom. The Bertz CT molecular complexity index is 352. The Labute approximate surface area is 127 Å². The van der Waals surface area contributed by atoms with Crippen molar-refractivity contribution in [3.63, 3.8) is 0 Å². The summed E-state index contributed by atoms with van der Waals surface area (Å²) in [6, 6.07) is 0.122. The molecule has 6 nitrogen and oxygen atoms in total. The number of aliphatic hydroxyl groups is 1. The Kier molecular flexibility index (Phi) is 6.01. The summed E-state index contributed by atoms with van der Waals surface area (Å²) in [5.41, 5.74) is -0.845. The third-order valence-corrected chi connectivity index (χ3v) is 3.76. The number of hydrogen-bond acceptors (Lipinski definition) is 5. The zero-order valence-corrected chi connectivity index (χ0v) is 14.1. The van der Waals surface area contributed by atoms with Gasteiger partial charge >= 0.3 is 6.09 Å². The molecular formula is C15H30N2O4. The van der Waals surface area contributed by atoms with Gasteiger partial charge in [-0.1, -0.05) is 0 Å². The van der Waals surface area contributed by atoms with E-state index in [0.29, 0.717) is 19.7 Å². The van der Waals surface area contributed by atoms with E-state index in [2.05, 4.69) is 5.32 Å². The third-order valence-electron chi connectivity index (χ3n) is 3.76. The van der Waals surface area contributed by atoms with Gasteiger partial charge in [0, 0.05) is 26.2 Å². The van der Waals surface area contributed by atoms with Crippen molar-refractivity contribution in [3.8, 4) is 0 Å². The molecule has 1 amide bonds. The van der Waals surface area contributed by atoms with Gasteiger partial charge in [0.05, 0.1) is 18.2 Å². The summed E-state index contributed by atoms with van der Waals surface area (Å²) in [7, 11) is 1.56. The van der Waals surface area contributed by atoms with Crippen LogP contribution in [0.3, 0.4) is 0 Å². The molecule has 0 aromatic carbocycles. The summed E-state index contributed by atoms with van der Waals surface area (Å²) in [6.45, 7) is 11.0. The highest BCUT2D eigenvalue weighted by Crippen LogP contribution is 2.30. The molecule has 2 unspecified atom stereocenters. The molecule has 0 spiro atoms. The Balaban J connectivity index is 2.59. The number of aliphatic hydroxyl groups excluding tert-OH is 1. The van der Waals surface area contributed by atoms with Crippen molar-refractivity contribution in [1.82, 2.24) is 10.2 Å². The fourth-order valence-corrected chi connectivity index (χ4v) is 2.61. The van der Waals surface area contributed by atoms with Gasteiger partial charge in [-0.25, -0.2) is 4.79 Å². The maximum absolute atomic E-state index is 12.3. The first-order chi connectivity index (χ1) is 9.58. The van der Waals surface area contributed by atoms with E-state index in [0.717, 1.165) is 6.42 Å². The summed E-state index contributed by atoms with van der Waals surface area (Å²) < 4.78 is 10.4. The number of carbonyl (C=O) groups excluding carboxylic acids is 1. The lowest BCUT2D eigenvalue weighted by Crippen LogP contribution is -2.54. The molecule has 1 rings (SSSR count). The molecule has 1 aliphatic heterocycles. The first-order valence-corrected chi connectivity index (χ1v) is 7.49. The summed E-state index contributed by atoms with van der Waals surface area (Å²) in [4.78, 5) is 14.0. The van der Waals surface area contributed by atoms with Crippen LogP contribution in [0.4, 0.5) is 4.79 Å². The predicted octanol–water partition coefficient (Wildman–Crippen LogP) is 1.37. The molecule has 0 aromatic rings. The van der Waals surface area contributed by atoms with Crippen molar-refractivity contribution < 1.29 is 19.4 Å². The van der Waals surface area contributed by atoms with Crippen LogP contribution < -0.4 is 5.32 Å². The Morgan fingerprint density at radius 2 is 2.10 bits per heavy atom. The molecule has 21 heavy (non-hydrogen) atoms. The quantitative estimate of drug-likeness (QED) is 0.802. The number of carbonyl (C=O) groups is 1. The van der Waals surface area contributed by atoms with Crippen LogP contribution in [0.15, 0.2) is 0 Å². The number of nitrogens with one attached hydrogen (secondary N) is 1. The lowest BCUT2D eigenvalue weighted by molar-refractivity contribution is 0.00996. The van der Waals surface area contributed by atoms with Crippen LogP contribution >= 0.6 is 0 Å². The van der Waals surface area contributed by atoms with E-state index in [1.165, 1.54) is 0 Å². The lowest BCUT2D eigenvalue weighted by atomic mass is 9.96. The Morgan fingerprint density at radius 1 is 1.48 bits per heavy atom. The fraction of sp³-hybridized carbons (Fsp3) is 0.933. The van der Waals surface area contributed by atoms with Crippen LogP contribution in [0.5, 0.6) is 0 Å². The van der Waals surface area contributed by atoms with Crippen LogP contribution in [0.25, 0.3) is 0 Å². The van der Waals surface area contributed by atoms with Crippen LogP contribution in [-0.2, 0) is 9.47 Å². The van der Waals surface area contributed by atoms with Gasteiger partial charge < -0.3 is 24.8 Å². The first kappa shape index (κ1) is 18.2. The Hall–Kier alpha value is -0.850. The molecule has 1 heterocycles. The zero-order valence-electron chi connectivity index (χ0n) is 14.1. The van der Waals surface area contributed by atoms with Gasteiger partial charge in [-0.2, -0.15) is 0 Å². The van der Waals surface area contributed by atoms with E-state index in [9.17, 15) is 9.90 Å². The van der Waals surface area contributed by atoms with Gasteiger partial charge in [0.1, 0.15) is 5.60 Å². The van der Waals surface area contributed by atoms with E-state index in [-0.39, 0.29) is 17.7 Å². The van der Waals surface area contributed by atoms with Gasteiger partial charge in [0.15, 0.2) is 0 Å². The maximum atomic E-state index is 12.3. The molecule has 1 aliphatic rings. The average Bonchev–Trinajstić information content (AvgIpc) is 2.59. The summed E-state index contributed by atoms with van der Waals surface area (Å²) >= 11 is 0. The van der Waals surface area contributed by atoms with Crippen LogP contribution in [0, 0.1) is 0 Å². The van der Waals surface area contributed by atoms with E-state index in [1.54, 1.807) is 12.0 Å². The van der Waals surface area contributed by atoms with E-state index in [1.807, 2.05) is 34.6 Å². The molecule has 6 heteroatoms. The monoisotopic (exact) mass is 302 g/mol. The highest BCUT2D eigenvalue weighted by Gasteiger charge is 2.45. The molecular weight excluding hydrogens is 272 g/mol. The minimum atomic E-state index is -0.540. The molecule has 0 radical (unpaired) electrons. The van der Waals surface area contributed by atoms with Crippen molar-refractivity contribution >= 4 is 6.09 Å². The third kappa shape index (κ3) is 5.13. The molecule has 1 fully saturated rings. The summed E-state index contributed by atoms with van der Waals surface area (Å²) in [5, 5.41) is 13.0. The van der Waals surface area contributed by atoms with Crippen LogP contribution in [-0.4, -0.2) is 66.2 Å². The minimum absolute atomic E-state index is 0.122. The second-order valence-corrected chi connectivity index (χ2v) is 7.14. The highest BCUT2D eigenvalue weighted by molar-refractivity contribution is 5.69. The second-order valence-electron chi connectivity index (χ2n) is 7.14. The minimum Gasteiger partial charge on any atom is -0.444 e. The van der Waals surface area contributed by atoms with Crippen molar-refractivity contribution in [2.24, 2.45) is 0 Å². The normalized spacial score (nSPS) is 23.2. The first-order valence-electron chi connectivity index (χ1n) is 7.49. The van der Waals surface area contributed by atoms with Crippen molar-refractivity contribution in [2.75, 3.05) is 26.8 Å². The number of rotatable bonds is 5. The number of ether oxygens (including phenoxy) is 2. The standard InChI is InChI=1S/C15H30N2O4/c1-14(2,3)21-13(19)17-8-7-12(15(17,4)5)16-9-11(18)10-20-6/h11-12,16,18H,7-10H2,1-6H3. The van der Waals surface area contributed by atoms with Gasteiger partial charge in [0.25, 0.3) is 0 Å². The maximum Gasteiger partial charge on any atom is 0.410 e. The van der Waals surface area contributed by atoms with Crippen LogP contribution in [0.1, 0.15) is 41.0 Å². The van der Waals surface area contributed by atoms with Gasteiger partial charge in [-0.15, -0.1) is 0 Å². The van der Waals surface area contributed by atoms with Crippen molar-refractivity contribution in [3.05, 3.63) is 0 Å². The number of methoxy groups -OCH3 is 1. The van der Waals surface area contributed by atoms with E-state index < -0.39 is 11.7 Å². The van der Waals surface area contributed by atoms with E-state index in [4.69, 9.17) is 9.47 Å². The van der Waals surface area contributed by atoms with Gasteiger partial charge in [0.2, 0.25) is 0 Å². The SMILES string of the molecule is COCC(O)CNC1CCN(C(=O)OC(C)(C)C)C1(C)C. The predicted molar refractivity (Wildman–Crippen MR) is 81.3 cm³/mol. The molecule has 0 aromatic heterocycles. The molecule has 0 bridgehead atoms. The number of nitrogens with zero attached hydrogens (tertiary/aromatic N) is 1. The fourth-order valence-electron chi connectivity index (χ4n) is 2.61. The van der Waals surface area contributed by atoms with Crippen LogP contribution in [0.2, 0.25) is 0 Å². The summed E-state index contributed by atoms with van der Waals surface area (Å²) in [5.74, 6) is 0. The molecule has 2 N–H and O–H groups in total. The molecule has 124 valence electrons. The lowest BCUT2D eigenvalue weighted by Gasteiger charge is -2.37. The molecule has 1 saturated heterocycles. The highest BCUT2D eigenvalue weighted by atomic mass is 16.6. The molecule has 0 aliphatic carbocycles. The second kappa shape index (κ2) is 6.94. The number of amides is 1. The molecule has 0 saturated carbocycles. The number of hydrogen-bond donors (Lipinski definition) is 2. The smallest absolute Gasteiger partial charge is 0.410 e. The van der Waals surface area contributed by atoms with E-state index >= 15 is 0 Å². The molecule has 2 atom stereocenters. The number of likely N-dealkylation sites (tertiary alicyclic amines) is 1. The van der Waals surface area contributed by atoms with Crippen molar-refractivity contribution in [1.29, 1.82) is 0 Å². The average molecular weight is 302 g/mol. The summed E-state index contributed by atoms with van der Waals surface area (Å²) in [6.07, 6.45) is 0.0157. The largest absolute Gasteiger partial charge is 0.444 e. The van der Waals surface area contributed by atoms with Gasteiger partial charge in [-0.3, -0.25) is 0 Å². The van der Waals surface area contributed by atoms with Crippen molar-refractivity contribution in [2.45, 2.75) is 64.3 Å². The van der Waals surface area contributed by atoms with Gasteiger partial charge in [-0.05, 0) is 41.0 Å². The topological polar surface area (TPSA) is 71.0 Å². The zero-order chi connectivity index (χ0) is 16.3.